The van der Waals surface area contributed by atoms with Crippen LogP contribution in [0.4, 0.5) is 0 Å². The molecule has 1 rings (SSSR count). The van der Waals surface area contributed by atoms with Gasteiger partial charge in [0.15, 0.2) is 5.76 Å². The lowest BCUT2D eigenvalue weighted by molar-refractivity contribution is -0.136. The van der Waals surface area contributed by atoms with Crippen LogP contribution in [0, 0.1) is 0 Å². The van der Waals surface area contributed by atoms with E-state index in [1.54, 1.807) is 0 Å². The van der Waals surface area contributed by atoms with Crippen LogP contribution in [0.2, 0.25) is 0 Å². The van der Waals surface area contributed by atoms with Crippen molar-refractivity contribution in [2.24, 2.45) is 0 Å². The fourth-order valence-corrected chi connectivity index (χ4v) is 1.23. The van der Waals surface area contributed by atoms with Crippen LogP contribution < -0.4 is 0 Å². The smallest absolute Gasteiger partial charge is 0.375 e. The molecule has 0 saturated heterocycles. The van der Waals surface area contributed by atoms with Gasteiger partial charge in [-0.3, -0.25) is 0 Å². The van der Waals surface area contributed by atoms with Gasteiger partial charge in [-0.15, -0.1) is 0 Å². The van der Waals surface area contributed by atoms with Gasteiger partial charge in [-0.2, -0.15) is 0 Å². The predicted molar refractivity (Wildman–Crippen MR) is 56.7 cm³/mol. The summed E-state index contributed by atoms with van der Waals surface area (Å²) in [6, 6.07) is 5.94. The molecule has 0 amide bonds. The highest BCUT2D eigenvalue weighted by molar-refractivity contribution is 5.92. The molecule has 2 N–H and O–H groups in total. The molecule has 86 valence electrons. The number of ether oxygens (including phenoxy) is 2. The van der Waals surface area contributed by atoms with Crippen LogP contribution in [0.3, 0.4) is 0 Å². The summed E-state index contributed by atoms with van der Waals surface area (Å²) >= 11 is 0. The fraction of sp³-hybridized carbons (Fsp3) is 0.182. The molecule has 0 aliphatic rings. The summed E-state index contributed by atoms with van der Waals surface area (Å²) in [5, 5.41) is 18.0. The summed E-state index contributed by atoms with van der Waals surface area (Å²) in [7, 11) is 2.60. The van der Waals surface area contributed by atoms with Crippen molar-refractivity contribution in [3.63, 3.8) is 0 Å². The minimum atomic E-state index is -1.22. The molecule has 0 heterocycles. The monoisotopic (exact) mass is 224 g/mol. The first-order valence-corrected chi connectivity index (χ1v) is 4.45. The lowest BCUT2D eigenvalue weighted by Crippen LogP contribution is -2.07. The van der Waals surface area contributed by atoms with E-state index in [0.29, 0.717) is 5.56 Å². The molecule has 16 heavy (non-hydrogen) atoms. The normalized spacial score (nSPS) is 11.6. The summed E-state index contributed by atoms with van der Waals surface area (Å²) in [5.41, 5.74) is 0.513. The zero-order chi connectivity index (χ0) is 12.1. The first kappa shape index (κ1) is 11.9. The number of phenols is 1. The molecule has 0 unspecified atom stereocenters. The molecular formula is C11H12O5. The van der Waals surface area contributed by atoms with Crippen LogP contribution in [-0.4, -0.2) is 30.4 Å². The van der Waals surface area contributed by atoms with E-state index in [2.05, 4.69) is 0 Å². The Balaban J connectivity index is 3.24. The van der Waals surface area contributed by atoms with Crippen LogP contribution in [0.25, 0.3) is 5.76 Å². The van der Waals surface area contributed by atoms with Crippen LogP contribution in [0.1, 0.15) is 5.56 Å². The Morgan fingerprint density at radius 2 is 1.69 bits per heavy atom. The molecule has 5 nitrogen and oxygen atoms in total. The minimum absolute atomic E-state index is 0.0912. The Kier molecular flexibility index (Phi) is 3.77. The molecule has 0 aromatic heterocycles. The minimum Gasteiger partial charge on any atom is -0.508 e. The molecule has 0 spiro atoms. The lowest BCUT2D eigenvalue weighted by atomic mass is 10.1. The van der Waals surface area contributed by atoms with Gasteiger partial charge in [0.1, 0.15) is 5.75 Å². The number of phenolic OH excluding ortho intramolecular Hbond substituents is 1. The summed E-state index contributed by atoms with van der Waals surface area (Å²) in [6.07, 6.45) is 0. The van der Waals surface area contributed by atoms with Crippen molar-refractivity contribution in [1.29, 1.82) is 0 Å². The molecule has 1 aromatic rings. The summed E-state index contributed by atoms with van der Waals surface area (Å²) in [6.45, 7) is 0. The Hall–Kier alpha value is -2.17. The number of hydrogen-bond acceptors (Lipinski definition) is 4. The van der Waals surface area contributed by atoms with Gasteiger partial charge in [0, 0.05) is 5.56 Å². The zero-order valence-corrected chi connectivity index (χ0v) is 8.93. The molecule has 0 saturated carbocycles. The van der Waals surface area contributed by atoms with E-state index in [-0.39, 0.29) is 17.3 Å². The van der Waals surface area contributed by atoms with Crippen molar-refractivity contribution >= 4 is 11.7 Å². The summed E-state index contributed by atoms with van der Waals surface area (Å²) in [4.78, 5) is 10.9. The van der Waals surface area contributed by atoms with E-state index in [1.807, 2.05) is 0 Å². The molecule has 0 aliphatic carbocycles. The molecular weight excluding hydrogens is 212 g/mol. The second-order valence-corrected chi connectivity index (χ2v) is 2.92. The average Bonchev–Trinajstić information content (AvgIpc) is 2.26. The Bertz CT molecular complexity index is 405. The largest absolute Gasteiger partial charge is 0.508 e. The van der Waals surface area contributed by atoms with Crippen molar-refractivity contribution in [3.05, 3.63) is 35.6 Å². The highest BCUT2D eigenvalue weighted by atomic mass is 16.5. The molecule has 0 fully saturated rings. The maximum Gasteiger partial charge on any atom is 0.375 e. The first-order chi connectivity index (χ1) is 7.60. The van der Waals surface area contributed by atoms with E-state index in [0.717, 1.165) is 0 Å². The maximum absolute atomic E-state index is 10.9. The molecule has 0 radical (unpaired) electrons. The highest BCUT2D eigenvalue weighted by Crippen LogP contribution is 2.22. The van der Waals surface area contributed by atoms with Gasteiger partial charge < -0.3 is 19.7 Å². The Morgan fingerprint density at radius 1 is 1.12 bits per heavy atom. The third-order valence-corrected chi connectivity index (χ3v) is 1.94. The van der Waals surface area contributed by atoms with Crippen molar-refractivity contribution in [2.45, 2.75) is 0 Å². The number of carboxylic acids is 1. The number of methoxy groups -OCH3 is 2. The van der Waals surface area contributed by atoms with Crippen molar-refractivity contribution < 1.29 is 24.5 Å². The van der Waals surface area contributed by atoms with Crippen LogP contribution in [0.15, 0.2) is 30.0 Å². The third kappa shape index (κ3) is 2.44. The fourth-order valence-electron chi connectivity index (χ4n) is 1.23. The second-order valence-electron chi connectivity index (χ2n) is 2.92. The van der Waals surface area contributed by atoms with E-state index >= 15 is 0 Å². The summed E-state index contributed by atoms with van der Waals surface area (Å²) < 4.78 is 9.72. The Labute approximate surface area is 92.5 Å². The van der Waals surface area contributed by atoms with Crippen molar-refractivity contribution in [3.8, 4) is 5.75 Å². The average molecular weight is 224 g/mol. The summed E-state index contributed by atoms with van der Waals surface area (Å²) in [5.74, 6) is -1.30. The molecule has 5 heteroatoms. The van der Waals surface area contributed by atoms with Crippen molar-refractivity contribution in [2.75, 3.05) is 14.2 Å². The van der Waals surface area contributed by atoms with Gasteiger partial charge in [-0.05, 0) is 24.3 Å². The predicted octanol–water partition coefficient (Wildman–Crippen LogP) is 1.44. The van der Waals surface area contributed by atoms with Crippen LogP contribution in [-0.2, 0) is 14.3 Å². The zero-order valence-electron chi connectivity index (χ0n) is 8.93. The number of aliphatic carboxylic acids is 1. The van der Waals surface area contributed by atoms with Crippen LogP contribution >= 0.6 is 0 Å². The number of rotatable bonds is 4. The van der Waals surface area contributed by atoms with Gasteiger partial charge in [0.25, 0.3) is 0 Å². The number of aromatic hydroxyl groups is 1. The first-order valence-electron chi connectivity index (χ1n) is 4.45. The van der Waals surface area contributed by atoms with Gasteiger partial charge in [-0.25, -0.2) is 4.79 Å². The molecule has 1 aromatic carbocycles. The van der Waals surface area contributed by atoms with E-state index in [4.69, 9.17) is 19.7 Å². The van der Waals surface area contributed by atoms with Gasteiger partial charge in [0.2, 0.25) is 5.76 Å². The maximum atomic E-state index is 10.9. The lowest BCUT2D eigenvalue weighted by Gasteiger charge is -2.10. The highest BCUT2D eigenvalue weighted by Gasteiger charge is 2.17. The van der Waals surface area contributed by atoms with Gasteiger partial charge >= 0.3 is 5.97 Å². The molecule has 0 atom stereocenters. The number of carbonyl (C=O) groups is 1. The number of benzene rings is 1. The molecule has 0 bridgehead atoms. The standard InChI is InChI=1S/C11H12O5/c1-15-9(10(16-2)11(13)14)7-3-5-8(12)6-4-7/h3-6,12H,1-2H3,(H,13,14). The van der Waals surface area contributed by atoms with E-state index in [1.165, 1.54) is 38.5 Å². The van der Waals surface area contributed by atoms with Gasteiger partial charge in [0.05, 0.1) is 14.2 Å². The SMILES string of the molecule is COC(C(=O)O)=C(OC)c1ccc(O)cc1. The molecule has 0 aliphatic heterocycles. The topological polar surface area (TPSA) is 76.0 Å². The quantitative estimate of drug-likeness (QED) is 0.597. The van der Waals surface area contributed by atoms with E-state index < -0.39 is 5.97 Å². The third-order valence-electron chi connectivity index (χ3n) is 1.94. The van der Waals surface area contributed by atoms with Crippen molar-refractivity contribution in [1.82, 2.24) is 0 Å². The Morgan fingerprint density at radius 3 is 2.06 bits per heavy atom. The van der Waals surface area contributed by atoms with Gasteiger partial charge in [-0.1, -0.05) is 0 Å². The number of carboxylic acid groups (broad SMARTS) is 1. The number of hydrogen-bond donors (Lipinski definition) is 2. The van der Waals surface area contributed by atoms with Crippen LogP contribution in [0.5, 0.6) is 5.75 Å². The van der Waals surface area contributed by atoms with E-state index in [9.17, 15) is 4.79 Å². The second kappa shape index (κ2) is 5.06.